The van der Waals surface area contributed by atoms with Crippen LogP contribution in [0.15, 0.2) is 24.5 Å². The molecule has 3 heteroatoms. The minimum Gasteiger partial charge on any atom is -0.355 e. The molecular weight excluding hydrogens is 138 g/mol. The summed E-state index contributed by atoms with van der Waals surface area (Å²) in [5.41, 5.74) is 6.88. The minimum atomic E-state index is 0.208. The van der Waals surface area contributed by atoms with Crippen molar-refractivity contribution in [2.75, 3.05) is 11.4 Å². The lowest BCUT2D eigenvalue weighted by molar-refractivity contribution is 0.462. The van der Waals surface area contributed by atoms with Crippen LogP contribution in [-0.4, -0.2) is 17.7 Å². The molecule has 1 aliphatic rings. The number of pyridine rings is 1. The van der Waals surface area contributed by atoms with Gasteiger partial charge in [-0.3, -0.25) is 4.98 Å². The highest BCUT2D eigenvalue weighted by Gasteiger charge is 2.23. The van der Waals surface area contributed by atoms with Gasteiger partial charge in [0.05, 0.1) is 18.1 Å². The van der Waals surface area contributed by atoms with Crippen molar-refractivity contribution in [1.82, 2.24) is 4.98 Å². The summed E-state index contributed by atoms with van der Waals surface area (Å²) in [6, 6.07) is 3.96. The molecule has 1 saturated heterocycles. The van der Waals surface area contributed by atoms with Gasteiger partial charge >= 0.3 is 0 Å². The van der Waals surface area contributed by atoms with E-state index in [1.165, 1.54) is 0 Å². The van der Waals surface area contributed by atoms with Gasteiger partial charge in [-0.1, -0.05) is 0 Å². The van der Waals surface area contributed by atoms with E-state index in [1.807, 2.05) is 18.3 Å². The molecule has 11 heavy (non-hydrogen) atoms. The fraction of sp³-hybridized carbons (Fsp3) is 0.375. The van der Waals surface area contributed by atoms with Gasteiger partial charge in [0.25, 0.3) is 0 Å². The van der Waals surface area contributed by atoms with Gasteiger partial charge in [-0.25, -0.2) is 0 Å². The van der Waals surface area contributed by atoms with E-state index in [2.05, 4.69) is 9.88 Å². The zero-order valence-corrected chi connectivity index (χ0v) is 6.27. The summed E-state index contributed by atoms with van der Waals surface area (Å²) in [6.45, 7) is 1.06. The Bertz CT molecular complexity index is 234. The molecule has 0 bridgehead atoms. The molecule has 1 fully saturated rings. The number of anilines is 1. The van der Waals surface area contributed by atoms with E-state index in [0.717, 1.165) is 18.7 Å². The third-order valence-electron chi connectivity index (χ3n) is 2.04. The Morgan fingerprint density at radius 2 is 2.55 bits per heavy atom. The molecule has 0 radical (unpaired) electrons. The molecule has 2 heterocycles. The summed E-state index contributed by atoms with van der Waals surface area (Å²) >= 11 is 0. The average molecular weight is 149 g/mol. The molecular formula is C8H11N3. The van der Waals surface area contributed by atoms with Crippen LogP contribution in [0.4, 0.5) is 5.69 Å². The standard InChI is InChI=1S/C8H11N3/c9-8-3-5-11(8)7-2-1-4-10-6-7/h1-2,4,6,8H,3,5,9H2. The van der Waals surface area contributed by atoms with E-state index in [1.54, 1.807) is 6.20 Å². The Balaban J connectivity index is 2.17. The number of nitrogens with zero attached hydrogens (tertiary/aromatic N) is 2. The van der Waals surface area contributed by atoms with E-state index in [4.69, 9.17) is 5.73 Å². The normalized spacial score (nSPS) is 23.0. The van der Waals surface area contributed by atoms with Crippen molar-refractivity contribution in [3.05, 3.63) is 24.5 Å². The number of aromatic nitrogens is 1. The zero-order valence-electron chi connectivity index (χ0n) is 6.27. The van der Waals surface area contributed by atoms with E-state index in [9.17, 15) is 0 Å². The number of hydrogen-bond acceptors (Lipinski definition) is 3. The lowest BCUT2D eigenvalue weighted by Gasteiger charge is -2.39. The van der Waals surface area contributed by atoms with Crippen molar-refractivity contribution in [2.24, 2.45) is 5.73 Å². The molecule has 2 N–H and O–H groups in total. The second-order valence-corrected chi connectivity index (χ2v) is 2.76. The van der Waals surface area contributed by atoms with Crippen LogP contribution >= 0.6 is 0 Å². The molecule has 0 aromatic carbocycles. The van der Waals surface area contributed by atoms with Gasteiger partial charge < -0.3 is 10.6 Å². The summed E-state index contributed by atoms with van der Waals surface area (Å²) in [5.74, 6) is 0. The highest BCUT2D eigenvalue weighted by Crippen LogP contribution is 2.21. The van der Waals surface area contributed by atoms with Gasteiger partial charge in [-0.05, 0) is 18.6 Å². The molecule has 2 rings (SSSR count). The van der Waals surface area contributed by atoms with Crippen LogP contribution < -0.4 is 10.6 Å². The van der Waals surface area contributed by atoms with Gasteiger partial charge in [-0.2, -0.15) is 0 Å². The van der Waals surface area contributed by atoms with Crippen LogP contribution in [0.2, 0.25) is 0 Å². The highest BCUT2D eigenvalue weighted by molar-refractivity contribution is 5.46. The van der Waals surface area contributed by atoms with Crippen molar-refractivity contribution >= 4 is 5.69 Å². The third-order valence-corrected chi connectivity index (χ3v) is 2.04. The van der Waals surface area contributed by atoms with Crippen LogP contribution in [0.25, 0.3) is 0 Å². The Hall–Kier alpha value is -1.09. The first-order valence-electron chi connectivity index (χ1n) is 3.80. The minimum absolute atomic E-state index is 0.208. The van der Waals surface area contributed by atoms with Gasteiger partial charge in [0, 0.05) is 12.7 Å². The second-order valence-electron chi connectivity index (χ2n) is 2.76. The summed E-state index contributed by atoms with van der Waals surface area (Å²) in [4.78, 5) is 6.17. The fourth-order valence-corrected chi connectivity index (χ4v) is 1.25. The monoisotopic (exact) mass is 149 g/mol. The largest absolute Gasteiger partial charge is 0.355 e. The molecule has 1 atom stereocenters. The molecule has 3 nitrogen and oxygen atoms in total. The lowest BCUT2D eigenvalue weighted by atomic mass is 10.1. The van der Waals surface area contributed by atoms with Crippen molar-refractivity contribution in [3.63, 3.8) is 0 Å². The van der Waals surface area contributed by atoms with Crippen molar-refractivity contribution in [2.45, 2.75) is 12.6 Å². The molecule has 1 aromatic rings. The molecule has 0 saturated carbocycles. The average Bonchev–Trinajstić information content (AvgIpc) is 2.04. The predicted molar refractivity (Wildman–Crippen MR) is 44.2 cm³/mol. The van der Waals surface area contributed by atoms with Crippen molar-refractivity contribution in [1.29, 1.82) is 0 Å². The van der Waals surface area contributed by atoms with Crippen LogP contribution in [0, 0.1) is 0 Å². The predicted octanol–water partition coefficient (Wildman–Crippen LogP) is 0.576. The Labute approximate surface area is 65.8 Å². The number of nitrogens with two attached hydrogens (primary N) is 1. The SMILES string of the molecule is NC1CCN1c1cccnc1. The van der Waals surface area contributed by atoms with Crippen LogP contribution in [0.1, 0.15) is 6.42 Å². The third kappa shape index (κ3) is 1.07. The Morgan fingerprint density at radius 1 is 1.64 bits per heavy atom. The molecule has 0 aliphatic carbocycles. The van der Waals surface area contributed by atoms with E-state index >= 15 is 0 Å². The number of hydrogen-bond donors (Lipinski definition) is 1. The van der Waals surface area contributed by atoms with Crippen LogP contribution in [-0.2, 0) is 0 Å². The summed E-state index contributed by atoms with van der Waals surface area (Å²) in [5, 5.41) is 0. The second kappa shape index (κ2) is 2.51. The van der Waals surface area contributed by atoms with Gasteiger partial charge in [0.1, 0.15) is 0 Å². The van der Waals surface area contributed by atoms with Crippen molar-refractivity contribution in [3.8, 4) is 0 Å². The molecule has 1 unspecified atom stereocenters. The zero-order chi connectivity index (χ0) is 7.68. The van der Waals surface area contributed by atoms with Gasteiger partial charge in [0.15, 0.2) is 0 Å². The van der Waals surface area contributed by atoms with Crippen molar-refractivity contribution < 1.29 is 0 Å². The quantitative estimate of drug-likeness (QED) is 0.635. The first-order chi connectivity index (χ1) is 5.38. The fourth-order valence-electron chi connectivity index (χ4n) is 1.25. The lowest BCUT2D eigenvalue weighted by Crippen LogP contribution is -2.53. The molecule has 1 aliphatic heterocycles. The molecule has 1 aromatic heterocycles. The van der Waals surface area contributed by atoms with E-state index in [-0.39, 0.29) is 6.17 Å². The van der Waals surface area contributed by atoms with E-state index < -0.39 is 0 Å². The summed E-state index contributed by atoms with van der Waals surface area (Å²) in [6.07, 6.45) is 4.92. The molecule has 0 amide bonds. The summed E-state index contributed by atoms with van der Waals surface area (Å²) in [7, 11) is 0. The summed E-state index contributed by atoms with van der Waals surface area (Å²) < 4.78 is 0. The first kappa shape index (κ1) is 6.61. The first-order valence-corrected chi connectivity index (χ1v) is 3.80. The molecule has 58 valence electrons. The maximum atomic E-state index is 5.75. The van der Waals surface area contributed by atoms with Crippen LogP contribution in [0.3, 0.4) is 0 Å². The van der Waals surface area contributed by atoms with Gasteiger partial charge in [-0.15, -0.1) is 0 Å². The van der Waals surface area contributed by atoms with Gasteiger partial charge in [0.2, 0.25) is 0 Å². The van der Waals surface area contributed by atoms with Crippen LogP contribution in [0.5, 0.6) is 0 Å². The Morgan fingerprint density at radius 3 is 3.00 bits per heavy atom. The topological polar surface area (TPSA) is 42.1 Å². The molecule has 0 spiro atoms. The highest BCUT2D eigenvalue weighted by atomic mass is 15.3. The van der Waals surface area contributed by atoms with E-state index in [0.29, 0.717) is 0 Å². The smallest absolute Gasteiger partial charge is 0.0788 e. The Kier molecular flexibility index (Phi) is 1.51. The maximum absolute atomic E-state index is 5.75. The number of rotatable bonds is 1. The maximum Gasteiger partial charge on any atom is 0.0788 e.